The molecule has 3 aromatic rings. The average molecular weight is 368 g/mol. The van der Waals surface area contributed by atoms with Crippen molar-refractivity contribution < 1.29 is 0 Å². The number of guanidine groups is 1. The molecule has 0 bridgehead atoms. The molecule has 0 aliphatic carbocycles. The number of hydrogen-bond acceptors (Lipinski definition) is 1. The Kier molecular flexibility index (Phi) is 4.35. The zero-order valence-electron chi connectivity index (χ0n) is 12.9. The third kappa shape index (κ3) is 2.94. The van der Waals surface area contributed by atoms with Crippen LogP contribution in [0.3, 0.4) is 0 Å². The molecule has 0 radical (unpaired) electrons. The van der Waals surface area contributed by atoms with E-state index in [1.54, 1.807) is 4.90 Å². The number of nitrogens with zero attached hydrogens (tertiary/aromatic N) is 1. The molecule has 0 spiro atoms. The van der Waals surface area contributed by atoms with Crippen molar-refractivity contribution in [2.45, 2.75) is 13.3 Å². The Bertz CT molecular complexity index is 868. The van der Waals surface area contributed by atoms with Gasteiger partial charge in [0.05, 0.1) is 5.69 Å². The maximum atomic E-state index is 8.07. The van der Waals surface area contributed by atoms with E-state index in [0.717, 1.165) is 33.0 Å². The van der Waals surface area contributed by atoms with Crippen molar-refractivity contribution in [1.82, 2.24) is 0 Å². The predicted molar refractivity (Wildman–Crippen MR) is 102 cm³/mol. The second kappa shape index (κ2) is 6.42. The van der Waals surface area contributed by atoms with Crippen molar-refractivity contribution in [2.24, 2.45) is 5.73 Å². The molecule has 4 heteroatoms. The normalized spacial score (nSPS) is 10.7. The molecule has 0 atom stereocenters. The van der Waals surface area contributed by atoms with Crippen LogP contribution in [0.4, 0.5) is 11.4 Å². The van der Waals surface area contributed by atoms with Gasteiger partial charge < -0.3 is 5.73 Å². The van der Waals surface area contributed by atoms with Gasteiger partial charge in [-0.2, -0.15) is 0 Å². The minimum atomic E-state index is 0.00530. The van der Waals surface area contributed by atoms with Crippen LogP contribution in [-0.4, -0.2) is 5.96 Å². The Labute approximate surface area is 144 Å². The fourth-order valence-electron chi connectivity index (χ4n) is 2.78. The van der Waals surface area contributed by atoms with E-state index in [9.17, 15) is 0 Å². The Morgan fingerprint density at radius 3 is 2.57 bits per heavy atom. The lowest BCUT2D eigenvalue weighted by molar-refractivity contribution is 1.12. The van der Waals surface area contributed by atoms with Gasteiger partial charge in [-0.1, -0.05) is 59.3 Å². The molecule has 0 unspecified atom stereocenters. The molecule has 3 nitrogen and oxygen atoms in total. The molecule has 116 valence electrons. The van der Waals surface area contributed by atoms with Gasteiger partial charge in [0, 0.05) is 15.5 Å². The van der Waals surface area contributed by atoms with Gasteiger partial charge in [-0.25, -0.2) is 0 Å². The lowest BCUT2D eigenvalue weighted by atomic mass is 10.1. The van der Waals surface area contributed by atoms with Crippen molar-refractivity contribution in [3.05, 3.63) is 70.7 Å². The van der Waals surface area contributed by atoms with Crippen LogP contribution >= 0.6 is 15.9 Å². The van der Waals surface area contributed by atoms with Crippen molar-refractivity contribution in [1.29, 1.82) is 5.41 Å². The highest BCUT2D eigenvalue weighted by Crippen LogP contribution is 2.33. The van der Waals surface area contributed by atoms with Crippen molar-refractivity contribution in [3.63, 3.8) is 0 Å². The molecule has 0 aromatic heterocycles. The average Bonchev–Trinajstić information content (AvgIpc) is 2.56. The van der Waals surface area contributed by atoms with E-state index >= 15 is 0 Å². The molecule has 0 saturated carbocycles. The summed E-state index contributed by atoms with van der Waals surface area (Å²) in [4.78, 5) is 1.79. The van der Waals surface area contributed by atoms with Crippen LogP contribution in [0.15, 0.2) is 65.1 Å². The van der Waals surface area contributed by atoms with E-state index in [-0.39, 0.29) is 5.96 Å². The standard InChI is InChI=1S/C19H18BrN3/c1-2-13-12-15(10-11-17(13)20)23(19(21)22)18-9-5-7-14-6-3-4-8-16(14)18/h3-12H,2H2,1H3,(H3,21,22). The first-order valence-electron chi connectivity index (χ1n) is 7.52. The van der Waals surface area contributed by atoms with Crippen molar-refractivity contribution >= 4 is 44.0 Å². The molecule has 0 saturated heterocycles. The minimum absolute atomic E-state index is 0.00530. The summed E-state index contributed by atoms with van der Waals surface area (Å²) in [5.74, 6) is 0.00530. The highest BCUT2D eigenvalue weighted by molar-refractivity contribution is 9.10. The van der Waals surface area contributed by atoms with E-state index in [2.05, 4.69) is 47.1 Å². The maximum Gasteiger partial charge on any atom is 0.197 e. The lowest BCUT2D eigenvalue weighted by Crippen LogP contribution is -2.32. The zero-order chi connectivity index (χ0) is 16.4. The van der Waals surface area contributed by atoms with Crippen LogP contribution in [0.25, 0.3) is 10.8 Å². The lowest BCUT2D eigenvalue weighted by Gasteiger charge is -2.25. The van der Waals surface area contributed by atoms with Crippen molar-refractivity contribution in [2.75, 3.05) is 4.90 Å². The summed E-state index contributed by atoms with van der Waals surface area (Å²) in [7, 11) is 0. The number of nitrogens with two attached hydrogens (primary N) is 1. The number of hydrogen-bond donors (Lipinski definition) is 2. The third-order valence-electron chi connectivity index (χ3n) is 3.92. The molecular formula is C19H18BrN3. The smallest absolute Gasteiger partial charge is 0.197 e. The minimum Gasteiger partial charge on any atom is -0.369 e. The quantitative estimate of drug-likeness (QED) is 0.493. The van der Waals surface area contributed by atoms with E-state index < -0.39 is 0 Å². The zero-order valence-corrected chi connectivity index (χ0v) is 14.5. The first-order chi connectivity index (χ1) is 11.1. The molecule has 0 aliphatic heterocycles. The Hall–Kier alpha value is -2.33. The van der Waals surface area contributed by atoms with Gasteiger partial charge in [0.15, 0.2) is 5.96 Å². The van der Waals surface area contributed by atoms with Crippen LogP contribution in [0, 0.1) is 5.41 Å². The monoisotopic (exact) mass is 367 g/mol. The number of halogens is 1. The summed E-state index contributed by atoms with van der Waals surface area (Å²) in [5.41, 5.74) is 8.92. The van der Waals surface area contributed by atoms with Crippen LogP contribution in [0.1, 0.15) is 12.5 Å². The first kappa shape index (κ1) is 15.6. The highest BCUT2D eigenvalue weighted by atomic mass is 79.9. The number of fused-ring (bicyclic) bond motifs is 1. The largest absolute Gasteiger partial charge is 0.369 e. The summed E-state index contributed by atoms with van der Waals surface area (Å²) >= 11 is 3.57. The maximum absolute atomic E-state index is 8.07. The molecule has 3 aromatic carbocycles. The first-order valence-corrected chi connectivity index (χ1v) is 8.31. The van der Waals surface area contributed by atoms with Crippen LogP contribution < -0.4 is 10.6 Å². The fraction of sp³-hybridized carbons (Fsp3) is 0.105. The number of rotatable bonds is 3. The van der Waals surface area contributed by atoms with Gasteiger partial charge >= 0.3 is 0 Å². The third-order valence-corrected chi connectivity index (χ3v) is 4.69. The molecule has 0 amide bonds. The number of nitrogens with one attached hydrogen (secondary N) is 1. The second-order valence-electron chi connectivity index (χ2n) is 5.35. The molecule has 0 fully saturated rings. The van der Waals surface area contributed by atoms with Gasteiger partial charge in [-0.05, 0) is 41.6 Å². The summed E-state index contributed by atoms with van der Waals surface area (Å²) in [6.07, 6.45) is 0.912. The van der Waals surface area contributed by atoms with Gasteiger partial charge in [0.1, 0.15) is 0 Å². The number of aryl methyl sites for hydroxylation is 1. The number of benzene rings is 3. The van der Waals surface area contributed by atoms with Gasteiger partial charge in [-0.15, -0.1) is 0 Å². The molecule has 3 N–H and O–H groups in total. The summed E-state index contributed by atoms with van der Waals surface area (Å²) in [6, 6.07) is 20.3. The van der Waals surface area contributed by atoms with E-state index in [4.69, 9.17) is 11.1 Å². The van der Waals surface area contributed by atoms with Crippen molar-refractivity contribution in [3.8, 4) is 0 Å². The van der Waals surface area contributed by atoms with E-state index in [1.807, 2.05) is 36.4 Å². The van der Waals surface area contributed by atoms with E-state index in [0.29, 0.717) is 0 Å². The Morgan fingerprint density at radius 1 is 1.09 bits per heavy atom. The van der Waals surface area contributed by atoms with Gasteiger partial charge in [0.25, 0.3) is 0 Å². The fourth-order valence-corrected chi connectivity index (χ4v) is 3.31. The Morgan fingerprint density at radius 2 is 1.83 bits per heavy atom. The number of anilines is 2. The van der Waals surface area contributed by atoms with Gasteiger partial charge in [0.2, 0.25) is 0 Å². The summed E-state index contributed by atoms with van der Waals surface area (Å²) in [6.45, 7) is 2.11. The van der Waals surface area contributed by atoms with Gasteiger partial charge in [-0.3, -0.25) is 10.3 Å². The summed E-state index contributed by atoms with van der Waals surface area (Å²) < 4.78 is 1.07. The predicted octanol–water partition coefficient (Wildman–Crippen LogP) is 5.20. The molecule has 0 aliphatic rings. The molecule has 23 heavy (non-hydrogen) atoms. The van der Waals surface area contributed by atoms with E-state index in [1.165, 1.54) is 5.56 Å². The SMILES string of the molecule is CCc1cc(N(C(=N)N)c2cccc3ccccc23)ccc1Br. The topological polar surface area (TPSA) is 53.1 Å². The Balaban J connectivity index is 2.21. The van der Waals surface area contributed by atoms with Crippen LogP contribution in [-0.2, 0) is 6.42 Å². The second-order valence-corrected chi connectivity index (χ2v) is 6.20. The van der Waals surface area contributed by atoms with Crippen LogP contribution in [0.2, 0.25) is 0 Å². The highest BCUT2D eigenvalue weighted by Gasteiger charge is 2.16. The van der Waals surface area contributed by atoms with Crippen LogP contribution in [0.5, 0.6) is 0 Å². The summed E-state index contributed by atoms with van der Waals surface area (Å²) in [5, 5.41) is 10.3. The molecule has 0 heterocycles. The molecular weight excluding hydrogens is 350 g/mol. The molecule has 3 rings (SSSR count).